The molecule has 0 radical (unpaired) electrons. The predicted octanol–water partition coefficient (Wildman–Crippen LogP) is 9.21. The fraction of sp³-hybridized carbons (Fsp3) is 0.920. The van der Waals surface area contributed by atoms with Crippen molar-refractivity contribution in [3.8, 4) is 0 Å². The number of unbranched alkanes of at least 4 members (excludes halogenated alkanes) is 17. The van der Waals surface area contributed by atoms with E-state index in [9.17, 15) is 0 Å². The van der Waals surface area contributed by atoms with Crippen molar-refractivity contribution in [3.05, 3.63) is 12.3 Å². The van der Waals surface area contributed by atoms with E-state index in [2.05, 4.69) is 27.4 Å². The summed E-state index contributed by atoms with van der Waals surface area (Å²) in [6, 6.07) is 0. The summed E-state index contributed by atoms with van der Waals surface area (Å²) < 4.78 is 5.64. The van der Waals surface area contributed by atoms with Gasteiger partial charge in [0, 0.05) is 5.92 Å². The molecule has 0 unspecified atom stereocenters. The first-order chi connectivity index (χ1) is 12.7. The summed E-state index contributed by atoms with van der Waals surface area (Å²) in [6.45, 7) is 11.4. The highest BCUT2D eigenvalue weighted by molar-refractivity contribution is 4.85. The van der Waals surface area contributed by atoms with E-state index in [1.807, 2.05) is 0 Å². The largest absolute Gasteiger partial charge is 0.498 e. The second kappa shape index (κ2) is 20.8. The Kier molecular flexibility index (Phi) is 20.5. The Morgan fingerprint density at radius 2 is 0.885 bits per heavy atom. The Hall–Kier alpha value is -0.460. The summed E-state index contributed by atoms with van der Waals surface area (Å²) in [5.41, 5.74) is 0. The van der Waals surface area contributed by atoms with Crippen LogP contribution in [0.25, 0.3) is 0 Å². The maximum Gasteiger partial charge on any atom is 0.0913 e. The SMILES string of the molecule is C=C(OCCCCCCCCCCCCCCCCCCCC)C(C)C. The predicted molar refractivity (Wildman–Crippen MR) is 119 cm³/mol. The van der Waals surface area contributed by atoms with Gasteiger partial charge >= 0.3 is 0 Å². The van der Waals surface area contributed by atoms with Gasteiger partial charge in [0.05, 0.1) is 12.4 Å². The molecule has 0 saturated carbocycles. The van der Waals surface area contributed by atoms with Crippen molar-refractivity contribution < 1.29 is 4.74 Å². The first-order valence-corrected chi connectivity index (χ1v) is 12.0. The van der Waals surface area contributed by atoms with Gasteiger partial charge in [0.2, 0.25) is 0 Å². The molecule has 0 aliphatic carbocycles. The lowest BCUT2D eigenvalue weighted by Crippen LogP contribution is -2.00. The van der Waals surface area contributed by atoms with Crippen LogP contribution in [0.1, 0.15) is 136 Å². The summed E-state index contributed by atoms with van der Waals surface area (Å²) in [4.78, 5) is 0. The van der Waals surface area contributed by atoms with Crippen LogP contribution in [0.3, 0.4) is 0 Å². The second-order valence-electron chi connectivity index (χ2n) is 8.48. The Morgan fingerprint density at radius 1 is 0.577 bits per heavy atom. The second-order valence-corrected chi connectivity index (χ2v) is 8.48. The van der Waals surface area contributed by atoms with Crippen LogP contribution in [-0.4, -0.2) is 6.61 Å². The molecule has 0 saturated heterocycles. The van der Waals surface area contributed by atoms with Gasteiger partial charge in [-0.3, -0.25) is 0 Å². The average molecular weight is 367 g/mol. The molecule has 1 heteroatoms. The molecular weight excluding hydrogens is 316 g/mol. The van der Waals surface area contributed by atoms with Crippen molar-refractivity contribution in [2.45, 2.75) is 136 Å². The molecule has 0 aromatic carbocycles. The molecule has 0 fully saturated rings. The normalized spacial score (nSPS) is 11.2. The van der Waals surface area contributed by atoms with Crippen LogP contribution in [0.4, 0.5) is 0 Å². The average Bonchev–Trinajstić information content (AvgIpc) is 2.63. The maximum atomic E-state index is 5.64. The molecule has 0 amide bonds. The quantitative estimate of drug-likeness (QED) is 0.145. The van der Waals surface area contributed by atoms with Crippen LogP contribution in [-0.2, 0) is 4.74 Å². The van der Waals surface area contributed by atoms with Gasteiger partial charge in [-0.1, -0.05) is 137 Å². The van der Waals surface area contributed by atoms with Gasteiger partial charge in [0.25, 0.3) is 0 Å². The number of allylic oxidation sites excluding steroid dienone is 1. The minimum Gasteiger partial charge on any atom is -0.498 e. The first kappa shape index (κ1) is 25.5. The summed E-state index contributed by atoms with van der Waals surface area (Å²) in [5.74, 6) is 1.39. The van der Waals surface area contributed by atoms with Crippen molar-refractivity contribution in [2.24, 2.45) is 5.92 Å². The highest BCUT2D eigenvalue weighted by Crippen LogP contribution is 2.14. The zero-order valence-corrected chi connectivity index (χ0v) is 18.6. The van der Waals surface area contributed by atoms with E-state index in [0.29, 0.717) is 5.92 Å². The van der Waals surface area contributed by atoms with Crippen LogP contribution >= 0.6 is 0 Å². The molecule has 0 aromatic rings. The van der Waals surface area contributed by atoms with E-state index in [4.69, 9.17) is 4.74 Å². The van der Waals surface area contributed by atoms with Crippen molar-refractivity contribution in [1.29, 1.82) is 0 Å². The molecule has 0 bridgehead atoms. The summed E-state index contributed by atoms with van der Waals surface area (Å²) in [5, 5.41) is 0. The third kappa shape index (κ3) is 19.9. The molecule has 156 valence electrons. The number of hydrogen-bond acceptors (Lipinski definition) is 1. The van der Waals surface area contributed by atoms with Crippen LogP contribution in [0, 0.1) is 5.92 Å². The van der Waals surface area contributed by atoms with Crippen molar-refractivity contribution in [2.75, 3.05) is 6.61 Å². The zero-order chi connectivity index (χ0) is 19.3. The smallest absolute Gasteiger partial charge is 0.0913 e. The number of ether oxygens (including phenoxy) is 1. The topological polar surface area (TPSA) is 9.23 Å². The monoisotopic (exact) mass is 366 g/mol. The molecule has 0 spiro atoms. The van der Waals surface area contributed by atoms with Gasteiger partial charge in [0.15, 0.2) is 0 Å². The molecule has 0 aliphatic rings. The molecule has 0 N–H and O–H groups in total. The Morgan fingerprint density at radius 3 is 1.19 bits per heavy atom. The van der Waals surface area contributed by atoms with Crippen LogP contribution in [0.2, 0.25) is 0 Å². The number of hydrogen-bond donors (Lipinski definition) is 0. The lowest BCUT2D eigenvalue weighted by molar-refractivity contribution is 0.181. The maximum absolute atomic E-state index is 5.64. The molecule has 0 atom stereocenters. The zero-order valence-electron chi connectivity index (χ0n) is 18.6. The van der Waals surface area contributed by atoms with Crippen LogP contribution < -0.4 is 0 Å². The standard InChI is InChI=1S/C25H50O/c1-5-6-7-8-9-10-11-12-13-14-15-16-17-18-19-20-21-22-23-26-25(4)24(2)3/h24H,4-23H2,1-3H3. The van der Waals surface area contributed by atoms with E-state index >= 15 is 0 Å². The fourth-order valence-corrected chi connectivity index (χ4v) is 3.37. The van der Waals surface area contributed by atoms with E-state index < -0.39 is 0 Å². The molecule has 0 rings (SSSR count). The summed E-state index contributed by atoms with van der Waals surface area (Å²) in [6.07, 6.45) is 25.6. The summed E-state index contributed by atoms with van der Waals surface area (Å²) in [7, 11) is 0. The molecule has 26 heavy (non-hydrogen) atoms. The van der Waals surface area contributed by atoms with Gasteiger partial charge in [-0.05, 0) is 6.42 Å². The lowest BCUT2D eigenvalue weighted by atomic mass is 10.0. The minimum atomic E-state index is 0.450. The highest BCUT2D eigenvalue weighted by Gasteiger charge is 2.00. The minimum absolute atomic E-state index is 0.450. The van der Waals surface area contributed by atoms with Crippen molar-refractivity contribution >= 4 is 0 Å². The highest BCUT2D eigenvalue weighted by atomic mass is 16.5. The van der Waals surface area contributed by atoms with E-state index in [1.165, 1.54) is 116 Å². The Bertz CT molecular complexity index is 282. The van der Waals surface area contributed by atoms with Crippen LogP contribution in [0.5, 0.6) is 0 Å². The van der Waals surface area contributed by atoms with Crippen LogP contribution in [0.15, 0.2) is 12.3 Å². The van der Waals surface area contributed by atoms with Gasteiger partial charge in [-0.15, -0.1) is 0 Å². The van der Waals surface area contributed by atoms with Gasteiger partial charge < -0.3 is 4.74 Å². The van der Waals surface area contributed by atoms with E-state index in [0.717, 1.165) is 12.4 Å². The third-order valence-corrected chi connectivity index (χ3v) is 5.43. The Balaban J connectivity index is 3.04. The van der Waals surface area contributed by atoms with E-state index in [-0.39, 0.29) is 0 Å². The molecule has 0 aromatic heterocycles. The molecule has 1 nitrogen and oxygen atoms in total. The third-order valence-electron chi connectivity index (χ3n) is 5.43. The molecule has 0 heterocycles. The Labute approximate surface area is 166 Å². The fourth-order valence-electron chi connectivity index (χ4n) is 3.37. The van der Waals surface area contributed by atoms with Crippen molar-refractivity contribution in [3.63, 3.8) is 0 Å². The summed E-state index contributed by atoms with van der Waals surface area (Å²) >= 11 is 0. The van der Waals surface area contributed by atoms with E-state index in [1.54, 1.807) is 0 Å². The van der Waals surface area contributed by atoms with Gasteiger partial charge in [-0.25, -0.2) is 0 Å². The van der Waals surface area contributed by atoms with Gasteiger partial charge in [0.1, 0.15) is 0 Å². The molecular formula is C25H50O. The lowest BCUT2D eigenvalue weighted by Gasteiger charge is -2.11. The number of rotatable bonds is 21. The van der Waals surface area contributed by atoms with Crippen molar-refractivity contribution in [1.82, 2.24) is 0 Å². The molecule has 0 aliphatic heterocycles. The first-order valence-electron chi connectivity index (χ1n) is 12.0. The van der Waals surface area contributed by atoms with Gasteiger partial charge in [-0.2, -0.15) is 0 Å².